The lowest BCUT2D eigenvalue weighted by Gasteiger charge is -2.23. The fourth-order valence-electron chi connectivity index (χ4n) is 2.75. The lowest BCUT2D eigenvalue weighted by Crippen LogP contribution is -2.27. The molecular formula is C13H14N2O3. The van der Waals surface area contributed by atoms with Crippen LogP contribution >= 0.6 is 0 Å². The topological polar surface area (TPSA) is 64.7 Å². The number of nitro benzene ring substituents is 1. The van der Waals surface area contributed by atoms with Crippen molar-refractivity contribution in [2.45, 2.75) is 31.8 Å². The molecule has 5 heteroatoms. The van der Waals surface area contributed by atoms with Crippen LogP contribution in [0.15, 0.2) is 29.4 Å². The van der Waals surface area contributed by atoms with Crippen molar-refractivity contribution < 1.29 is 9.76 Å². The lowest BCUT2D eigenvalue weighted by atomic mass is 9.82. The Morgan fingerprint density at radius 1 is 1.22 bits per heavy atom. The van der Waals surface area contributed by atoms with Gasteiger partial charge >= 0.3 is 0 Å². The number of non-ortho nitro benzene ring substituents is 1. The molecule has 1 aliphatic carbocycles. The molecule has 1 aromatic rings. The van der Waals surface area contributed by atoms with E-state index in [0.717, 1.165) is 24.1 Å². The predicted molar refractivity (Wildman–Crippen MR) is 66.5 cm³/mol. The maximum atomic E-state index is 10.6. The second-order valence-electron chi connectivity index (χ2n) is 4.82. The normalized spacial score (nSPS) is 26.1. The summed E-state index contributed by atoms with van der Waals surface area (Å²) in [6.07, 6.45) is 4.77. The van der Waals surface area contributed by atoms with Gasteiger partial charge in [0.25, 0.3) is 5.69 Å². The van der Waals surface area contributed by atoms with Crippen molar-refractivity contribution in [1.29, 1.82) is 0 Å². The predicted octanol–water partition coefficient (Wildman–Crippen LogP) is 2.89. The molecule has 2 atom stereocenters. The molecule has 0 amide bonds. The van der Waals surface area contributed by atoms with E-state index in [2.05, 4.69) is 5.16 Å². The van der Waals surface area contributed by atoms with Crippen LogP contribution in [-0.4, -0.2) is 16.7 Å². The standard InChI is InChI=1S/C13H14N2O3/c16-15(17)10-7-5-9(6-8-10)13-11-3-1-2-4-12(11)18-14-13/h5-8,11-12H,1-4H2. The van der Waals surface area contributed by atoms with Gasteiger partial charge in [-0.25, -0.2) is 0 Å². The molecule has 2 aliphatic rings. The van der Waals surface area contributed by atoms with E-state index in [1.54, 1.807) is 12.1 Å². The number of oxime groups is 1. The molecule has 5 nitrogen and oxygen atoms in total. The summed E-state index contributed by atoms with van der Waals surface area (Å²) < 4.78 is 0. The molecule has 0 aromatic heterocycles. The zero-order valence-corrected chi connectivity index (χ0v) is 9.91. The summed E-state index contributed by atoms with van der Waals surface area (Å²) >= 11 is 0. The monoisotopic (exact) mass is 246 g/mol. The van der Waals surface area contributed by atoms with Crippen molar-refractivity contribution in [3.05, 3.63) is 39.9 Å². The number of fused-ring (bicyclic) bond motifs is 1. The largest absolute Gasteiger partial charge is 0.392 e. The minimum Gasteiger partial charge on any atom is -0.392 e. The van der Waals surface area contributed by atoms with E-state index in [9.17, 15) is 10.1 Å². The molecule has 1 saturated carbocycles. The molecule has 0 spiro atoms. The van der Waals surface area contributed by atoms with Gasteiger partial charge in [-0.15, -0.1) is 0 Å². The van der Waals surface area contributed by atoms with Crippen LogP contribution in [0, 0.1) is 16.0 Å². The van der Waals surface area contributed by atoms with Gasteiger partial charge in [-0.05, 0) is 31.4 Å². The van der Waals surface area contributed by atoms with Crippen LogP contribution in [0.25, 0.3) is 0 Å². The fourth-order valence-corrected chi connectivity index (χ4v) is 2.75. The van der Waals surface area contributed by atoms with E-state index in [1.807, 2.05) is 0 Å². The Labute approximate surface area is 105 Å². The highest BCUT2D eigenvalue weighted by Gasteiger charge is 2.36. The van der Waals surface area contributed by atoms with Crippen molar-refractivity contribution in [2.24, 2.45) is 11.1 Å². The average molecular weight is 246 g/mol. The fraction of sp³-hybridized carbons (Fsp3) is 0.462. The molecule has 1 aromatic carbocycles. The molecule has 0 saturated heterocycles. The lowest BCUT2D eigenvalue weighted by molar-refractivity contribution is -0.384. The molecule has 94 valence electrons. The van der Waals surface area contributed by atoms with E-state index < -0.39 is 0 Å². The first kappa shape index (κ1) is 11.2. The van der Waals surface area contributed by atoms with E-state index in [-0.39, 0.29) is 16.7 Å². The van der Waals surface area contributed by atoms with Gasteiger partial charge in [0.15, 0.2) is 0 Å². The Balaban J connectivity index is 1.84. The maximum Gasteiger partial charge on any atom is 0.269 e. The number of benzene rings is 1. The van der Waals surface area contributed by atoms with Crippen LogP contribution in [0.1, 0.15) is 31.2 Å². The summed E-state index contributed by atoms with van der Waals surface area (Å²) in [7, 11) is 0. The molecule has 2 unspecified atom stereocenters. The first-order chi connectivity index (χ1) is 8.75. The van der Waals surface area contributed by atoms with Crippen LogP contribution in [0.4, 0.5) is 5.69 Å². The van der Waals surface area contributed by atoms with Crippen LogP contribution < -0.4 is 0 Å². The molecule has 3 rings (SSSR count). The Morgan fingerprint density at radius 2 is 1.94 bits per heavy atom. The summed E-state index contributed by atoms with van der Waals surface area (Å²) in [6, 6.07) is 6.57. The maximum absolute atomic E-state index is 10.6. The second-order valence-corrected chi connectivity index (χ2v) is 4.82. The van der Waals surface area contributed by atoms with Crippen molar-refractivity contribution in [2.75, 3.05) is 0 Å². The molecule has 18 heavy (non-hydrogen) atoms. The molecular weight excluding hydrogens is 232 g/mol. The van der Waals surface area contributed by atoms with Gasteiger partial charge < -0.3 is 4.84 Å². The highest BCUT2D eigenvalue weighted by Crippen LogP contribution is 2.34. The van der Waals surface area contributed by atoms with Crippen LogP contribution in [-0.2, 0) is 4.84 Å². The Bertz CT molecular complexity index is 495. The zero-order valence-electron chi connectivity index (χ0n) is 9.91. The van der Waals surface area contributed by atoms with Gasteiger partial charge in [0.2, 0.25) is 0 Å². The molecule has 1 aliphatic heterocycles. The highest BCUT2D eigenvalue weighted by molar-refractivity contribution is 6.03. The van der Waals surface area contributed by atoms with E-state index in [1.165, 1.54) is 25.0 Å². The van der Waals surface area contributed by atoms with Gasteiger partial charge in [-0.3, -0.25) is 10.1 Å². The van der Waals surface area contributed by atoms with Crippen LogP contribution in [0.3, 0.4) is 0 Å². The third-order valence-electron chi connectivity index (χ3n) is 3.71. The minimum atomic E-state index is -0.389. The van der Waals surface area contributed by atoms with Gasteiger partial charge in [0.1, 0.15) is 6.10 Å². The van der Waals surface area contributed by atoms with Crippen molar-refractivity contribution >= 4 is 11.4 Å². The van der Waals surface area contributed by atoms with E-state index >= 15 is 0 Å². The summed E-state index contributed by atoms with van der Waals surface area (Å²) in [5.41, 5.74) is 2.00. The number of hydrogen-bond donors (Lipinski definition) is 0. The van der Waals surface area contributed by atoms with Crippen molar-refractivity contribution in [3.63, 3.8) is 0 Å². The smallest absolute Gasteiger partial charge is 0.269 e. The zero-order chi connectivity index (χ0) is 12.5. The first-order valence-corrected chi connectivity index (χ1v) is 6.24. The molecule has 0 N–H and O–H groups in total. The third kappa shape index (κ3) is 1.85. The van der Waals surface area contributed by atoms with Gasteiger partial charge in [-0.2, -0.15) is 0 Å². The molecule has 0 radical (unpaired) electrons. The number of rotatable bonds is 2. The molecule has 1 heterocycles. The molecule has 1 fully saturated rings. The Morgan fingerprint density at radius 3 is 2.67 bits per heavy atom. The summed E-state index contributed by atoms with van der Waals surface area (Å²) in [4.78, 5) is 15.7. The van der Waals surface area contributed by atoms with Gasteiger partial charge in [-0.1, -0.05) is 11.6 Å². The SMILES string of the molecule is O=[N+]([O-])c1ccc(C2=NOC3CCCCC23)cc1. The number of hydrogen-bond acceptors (Lipinski definition) is 4. The van der Waals surface area contributed by atoms with Crippen molar-refractivity contribution in [3.8, 4) is 0 Å². The number of nitro groups is 1. The van der Waals surface area contributed by atoms with Crippen LogP contribution in [0.2, 0.25) is 0 Å². The first-order valence-electron chi connectivity index (χ1n) is 6.24. The summed E-state index contributed by atoms with van der Waals surface area (Å²) in [5, 5.41) is 14.8. The van der Waals surface area contributed by atoms with Crippen LogP contribution in [0.5, 0.6) is 0 Å². The summed E-state index contributed by atoms with van der Waals surface area (Å²) in [6.45, 7) is 0. The Kier molecular flexibility index (Phi) is 2.74. The van der Waals surface area contributed by atoms with E-state index in [4.69, 9.17) is 4.84 Å². The second kappa shape index (κ2) is 4.40. The molecule has 0 bridgehead atoms. The Hall–Kier alpha value is -1.91. The van der Waals surface area contributed by atoms with Gasteiger partial charge in [0, 0.05) is 23.6 Å². The van der Waals surface area contributed by atoms with Gasteiger partial charge in [0.05, 0.1) is 10.6 Å². The minimum absolute atomic E-state index is 0.110. The average Bonchev–Trinajstić information content (AvgIpc) is 2.82. The summed E-state index contributed by atoms with van der Waals surface area (Å²) in [5.74, 6) is 0.361. The van der Waals surface area contributed by atoms with Crippen molar-refractivity contribution in [1.82, 2.24) is 0 Å². The third-order valence-corrected chi connectivity index (χ3v) is 3.71. The quantitative estimate of drug-likeness (QED) is 0.595. The number of nitrogens with zero attached hydrogens (tertiary/aromatic N) is 2. The van der Waals surface area contributed by atoms with E-state index in [0.29, 0.717) is 5.92 Å². The highest BCUT2D eigenvalue weighted by atomic mass is 16.6.